The maximum atomic E-state index is 12.7. The molecule has 0 saturated carbocycles. The summed E-state index contributed by atoms with van der Waals surface area (Å²) < 4.78 is 11.7. The second-order valence-corrected chi connectivity index (χ2v) is 9.48. The van der Waals surface area contributed by atoms with Gasteiger partial charge in [0.25, 0.3) is 0 Å². The van der Waals surface area contributed by atoms with Crippen LogP contribution >= 0.6 is 0 Å². The number of ether oxygens (including phenoxy) is 2. The average Bonchev–Trinajstić information content (AvgIpc) is 3.02. The molecule has 4 rings (SSSR count). The van der Waals surface area contributed by atoms with Crippen LogP contribution < -0.4 is 4.74 Å². The molecule has 0 bridgehead atoms. The number of aryl methyl sites for hydroxylation is 2. The number of cyclic esters (lactones) is 1. The summed E-state index contributed by atoms with van der Waals surface area (Å²) in [5, 5.41) is 9.68. The molecule has 3 aliphatic heterocycles. The van der Waals surface area contributed by atoms with E-state index in [1.807, 2.05) is 6.07 Å². The van der Waals surface area contributed by atoms with Crippen molar-refractivity contribution in [1.82, 2.24) is 9.80 Å². The summed E-state index contributed by atoms with van der Waals surface area (Å²) in [6, 6.07) is 6.23. The van der Waals surface area contributed by atoms with Crippen LogP contribution in [0, 0.1) is 19.3 Å². The van der Waals surface area contributed by atoms with Gasteiger partial charge in [0.05, 0.1) is 11.5 Å². The lowest BCUT2D eigenvalue weighted by atomic mass is 9.76. The number of hydrogen-bond donors (Lipinski definition) is 1. The molecule has 3 fully saturated rings. The first-order chi connectivity index (χ1) is 14.4. The van der Waals surface area contributed by atoms with Crippen molar-refractivity contribution in [3.8, 4) is 5.75 Å². The van der Waals surface area contributed by atoms with Gasteiger partial charge in [0.2, 0.25) is 0 Å². The molecule has 1 N–H and O–H groups in total. The highest BCUT2D eigenvalue weighted by molar-refractivity contribution is 5.79. The Morgan fingerprint density at radius 2 is 1.83 bits per heavy atom. The number of nitrogens with zero attached hydrogens (tertiary/aromatic N) is 2. The molecular formula is C24H36N2O4. The van der Waals surface area contributed by atoms with E-state index in [4.69, 9.17) is 9.47 Å². The van der Waals surface area contributed by atoms with E-state index in [1.54, 1.807) is 0 Å². The third-order valence-corrected chi connectivity index (χ3v) is 7.31. The van der Waals surface area contributed by atoms with Gasteiger partial charge in [0.1, 0.15) is 18.5 Å². The third-order valence-electron chi connectivity index (χ3n) is 7.31. The van der Waals surface area contributed by atoms with Crippen LogP contribution in [0.2, 0.25) is 0 Å². The summed E-state index contributed by atoms with van der Waals surface area (Å²) in [5.74, 6) is 0.939. The van der Waals surface area contributed by atoms with Crippen LogP contribution in [-0.2, 0) is 9.53 Å². The Balaban J connectivity index is 1.20. The van der Waals surface area contributed by atoms with Crippen molar-refractivity contribution in [2.45, 2.75) is 58.2 Å². The van der Waals surface area contributed by atoms with Crippen LogP contribution in [0.25, 0.3) is 0 Å². The van der Waals surface area contributed by atoms with Crippen molar-refractivity contribution in [2.24, 2.45) is 5.41 Å². The lowest BCUT2D eigenvalue weighted by molar-refractivity contribution is -0.151. The number of carbonyl (C=O) groups is 1. The maximum Gasteiger partial charge on any atom is 0.312 e. The van der Waals surface area contributed by atoms with Crippen LogP contribution in [0.15, 0.2) is 18.2 Å². The molecule has 1 aromatic rings. The Morgan fingerprint density at radius 3 is 2.53 bits per heavy atom. The lowest BCUT2D eigenvalue weighted by Crippen LogP contribution is -2.44. The number of aliphatic hydroxyl groups excluding tert-OH is 1. The van der Waals surface area contributed by atoms with Gasteiger partial charge in [-0.15, -0.1) is 0 Å². The van der Waals surface area contributed by atoms with E-state index in [2.05, 4.69) is 35.8 Å². The number of aliphatic hydroxyl groups is 1. The van der Waals surface area contributed by atoms with Gasteiger partial charge >= 0.3 is 5.97 Å². The largest absolute Gasteiger partial charge is 0.492 e. The smallest absolute Gasteiger partial charge is 0.312 e. The molecule has 6 nitrogen and oxygen atoms in total. The maximum absolute atomic E-state index is 12.7. The fraction of sp³-hybridized carbons (Fsp3) is 0.708. The normalized spacial score (nSPS) is 25.6. The van der Waals surface area contributed by atoms with Crippen molar-refractivity contribution in [2.75, 3.05) is 45.9 Å². The average molecular weight is 417 g/mol. The number of esters is 1. The van der Waals surface area contributed by atoms with E-state index in [0.717, 1.165) is 77.1 Å². The quantitative estimate of drug-likeness (QED) is 0.719. The predicted molar refractivity (Wildman–Crippen MR) is 116 cm³/mol. The summed E-state index contributed by atoms with van der Waals surface area (Å²) >= 11 is 0. The van der Waals surface area contributed by atoms with Crippen LogP contribution in [0.5, 0.6) is 5.75 Å². The number of carbonyl (C=O) groups excluding carboxylic acids is 1. The second-order valence-electron chi connectivity index (χ2n) is 9.48. The van der Waals surface area contributed by atoms with E-state index in [9.17, 15) is 9.90 Å². The van der Waals surface area contributed by atoms with Gasteiger partial charge in [-0.2, -0.15) is 0 Å². The molecule has 0 aromatic heterocycles. The number of rotatable bonds is 6. The highest BCUT2D eigenvalue weighted by Crippen LogP contribution is 2.43. The monoisotopic (exact) mass is 416 g/mol. The number of hydrogen-bond acceptors (Lipinski definition) is 6. The van der Waals surface area contributed by atoms with E-state index in [-0.39, 0.29) is 23.6 Å². The third kappa shape index (κ3) is 4.98. The molecule has 0 aliphatic carbocycles. The summed E-state index contributed by atoms with van der Waals surface area (Å²) in [4.78, 5) is 17.4. The van der Waals surface area contributed by atoms with Gasteiger partial charge < -0.3 is 14.6 Å². The molecule has 3 aliphatic rings. The molecule has 0 radical (unpaired) electrons. The van der Waals surface area contributed by atoms with Crippen molar-refractivity contribution >= 4 is 5.97 Å². The molecule has 3 heterocycles. The van der Waals surface area contributed by atoms with E-state index in [1.165, 1.54) is 11.1 Å². The summed E-state index contributed by atoms with van der Waals surface area (Å²) in [7, 11) is 0. The minimum atomic E-state index is -0.286. The van der Waals surface area contributed by atoms with E-state index < -0.39 is 0 Å². The topological polar surface area (TPSA) is 62.2 Å². The fourth-order valence-corrected chi connectivity index (χ4v) is 5.04. The first kappa shape index (κ1) is 21.6. The van der Waals surface area contributed by atoms with E-state index >= 15 is 0 Å². The van der Waals surface area contributed by atoms with Crippen LogP contribution in [-0.4, -0.2) is 79.0 Å². The number of benzene rings is 1. The predicted octanol–water partition coefficient (Wildman–Crippen LogP) is 2.54. The van der Waals surface area contributed by atoms with Gasteiger partial charge in [0.15, 0.2) is 0 Å². The lowest BCUT2D eigenvalue weighted by Gasteiger charge is -2.36. The molecule has 1 spiro atoms. The molecular weight excluding hydrogens is 380 g/mol. The SMILES string of the molecule is Cc1ccc(OCCN2CCC3(CC2)CC(CN2CCC(O)CC2)OC3=O)cc1C. The first-order valence-electron chi connectivity index (χ1n) is 11.5. The Labute approximate surface area is 180 Å². The number of piperidine rings is 2. The van der Waals surface area contributed by atoms with Gasteiger partial charge in [0, 0.05) is 32.6 Å². The van der Waals surface area contributed by atoms with Crippen LogP contribution in [0.3, 0.4) is 0 Å². The minimum Gasteiger partial charge on any atom is -0.492 e. The Hall–Kier alpha value is -1.63. The first-order valence-corrected chi connectivity index (χ1v) is 11.5. The summed E-state index contributed by atoms with van der Waals surface area (Å²) in [6.45, 7) is 10.2. The van der Waals surface area contributed by atoms with Crippen molar-refractivity contribution in [3.63, 3.8) is 0 Å². The highest BCUT2D eigenvalue weighted by atomic mass is 16.6. The van der Waals surface area contributed by atoms with Crippen LogP contribution in [0.4, 0.5) is 0 Å². The van der Waals surface area contributed by atoms with E-state index in [0.29, 0.717) is 6.61 Å². The van der Waals surface area contributed by atoms with Gasteiger partial charge in [-0.25, -0.2) is 0 Å². The van der Waals surface area contributed by atoms with Crippen molar-refractivity contribution in [3.05, 3.63) is 29.3 Å². The highest BCUT2D eigenvalue weighted by Gasteiger charge is 2.50. The zero-order valence-corrected chi connectivity index (χ0v) is 18.4. The number of likely N-dealkylation sites (tertiary alicyclic amines) is 2. The molecule has 3 saturated heterocycles. The standard InChI is InChI=1S/C24H36N2O4/c1-18-3-4-21(15-19(18)2)29-14-13-25-11-7-24(8-12-25)16-22(30-23(24)28)17-26-9-5-20(27)6-10-26/h3-4,15,20,22,27H,5-14,16-17H2,1-2H3. The van der Waals surface area contributed by atoms with Crippen LogP contribution in [0.1, 0.15) is 43.2 Å². The van der Waals surface area contributed by atoms with Gasteiger partial charge in [-0.3, -0.25) is 14.6 Å². The van der Waals surface area contributed by atoms with Crippen molar-refractivity contribution < 1.29 is 19.4 Å². The molecule has 0 amide bonds. The minimum absolute atomic E-state index is 0.00685. The molecule has 6 heteroatoms. The summed E-state index contributed by atoms with van der Waals surface area (Å²) in [5.41, 5.74) is 2.25. The zero-order chi connectivity index (χ0) is 21.1. The summed E-state index contributed by atoms with van der Waals surface area (Å²) in [6.07, 6.45) is 4.10. The van der Waals surface area contributed by atoms with Crippen molar-refractivity contribution in [1.29, 1.82) is 0 Å². The molecule has 166 valence electrons. The second kappa shape index (κ2) is 9.25. The Kier molecular flexibility index (Phi) is 6.66. The molecule has 1 unspecified atom stereocenters. The Bertz CT molecular complexity index is 737. The molecule has 1 atom stereocenters. The van der Waals surface area contributed by atoms with Gasteiger partial charge in [-0.05, 0) is 75.9 Å². The molecule has 1 aromatic carbocycles. The fourth-order valence-electron chi connectivity index (χ4n) is 5.04. The molecule has 30 heavy (non-hydrogen) atoms. The van der Waals surface area contributed by atoms with Gasteiger partial charge in [-0.1, -0.05) is 6.07 Å². The zero-order valence-electron chi connectivity index (χ0n) is 18.4. The Morgan fingerprint density at radius 1 is 1.10 bits per heavy atom.